The van der Waals surface area contributed by atoms with Gasteiger partial charge in [-0.1, -0.05) is 13.8 Å². The van der Waals surface area contributed by atoms with Crippen molar-refractivity contribution in [2.24, 2.45) is 11.7 Å². The second kappa shape index (κ2) is 11.8. The lowest BCUT2D eigenvalue weighted by molar-refractivity contribution is -0.143. The van der Waals surface area contributed by atoms with Crippen molar-refractivity contribution in [1.82, 2.24) is 35.9 Å². The van der Waals surface area contributed by atoms with Gasteiger partial charge in [-0.15, -0.1) is 0 Å². The van der Waals surface area contributed by atoms with Gasteiger partial charge in [-0.25, -0.2) is 14.8 Å². The molecule has 0 radical (unpaired) electrons. The largest absolute Gasteiger partial charge is 0.480 e. The highest BCUT2D eigenvalue weighted by Gasteiger charge is 2.30. The quantitative estimate of drug-likeness (QED) is 0.196. The van der Waals surface area contributed by atoms with E-state index in [1.807, 2.05) is 0 Å². The molecule has 0 aliphatic rings. The number of aromatic nitrogens is 4. The Bertz CT molecular complexity index is 928. The Labute approximate surface area is 190 Å². The van der Waals surface area contributed by atoms with Crippen LogP contribution in [-0.4, -0.2) is 72.9 Å². The Kier molecular flexibility index (Phi) is 9.09. The molecule has 4 unspecified atom stereocenters. The summed E-state index contributed by atoms with van der Waals surface area (Å²) in [6.07, 6.45) is 6.17. The molecule has 13 heteroatoms. The Morgan fingerprint density at radius 1 is 0.909 bits per heavy atom. The topological polar surface area (TPSA) is 208 Å². The lowest BCUT2D eigenvalue weighted by Gasteiger charge is -2.24. The van der Waals surface area contributed by atoms with Crippen LogP contribution in [0.4, 0.5) is 0 Å². The third-order valence-corrected chi connectivity index (χ3v) is 4.93. The summed E-state index contributed by atoms with van der Waals surface area (Å²) in [5, 5.41) is 16.9. The molecule has 0 aromatic carbocycles. The molecule has 180 valence electrons. The van der Waals surface area contributed by atoms with Crippen molar-refractivity contribution in [3.05, 3.63) is 36.4 Å². The van der Waals surface area contributed by atoms with Gasteiger partial charge in [0.25, 0.3) is 0 Å². The summed E-state index contributed by atoms with van der Waals surface area (Å²) in [5.41, 5.74) is 7.12. The molecule has 2 rings (SSSR count). The van der Waals surface area contributed by atoms with Crippen LogP contribution in [0.3, 0.4) is 0 Å². The average molecular weight is 463 g/mol. The van der Waals surface area contributed by atoms with Crippen LogP contribution in [0.25, 0.3) is 0 Å². The number of nitrogens with zero attached hydrogens (tertiary/aromatic N) is 2. The molecule has 33 heavy (non-hydrogen) atoms. The molecular weight excluding hydrogens is 432 g/mol. The highest BCUT2D eigenvalue weighted by atomic mass is 16.4. The first-order valence-electron chi connectivity index (χ1n) is 10.4. The van der Waals surface area contributed by atoms with E-state index in [0.29, 0.717) is 11.4 Å². The number of rotatable bonds is 12. The number of aliphatic carboxylic acids is 1. The van der Waals surface area contributed by atoms with Crippen molar-refractivity contribution in [1.29, 1.82) is 0 Å². The fourth-order valence-electron chi connectivity index (χ4n) is 3.00. The number of hydrogen-bond donors (Lipinski definition) is 7. The second-order valence-electron chi connectivity index (χ2n) is 8.03. The molecule has 0 aliphatic heterocycles. The number of nitrogens with two attached hydrogens (primary N) is 1. The maximum absolute atomic E-state index is 12.8. The highest BCUT2D eigenvalue weighted by molar-refractivity contribution is 5.94. The van der Waals surface area contributed by atoms with Gasteiger partial charge in [-0.2, -0.15) is 0 Å². The van der Waals surface area contributed by atoms with E-state index in [-0.39, 0.29) is 18.8 Å². The van der Waals surface area contributed by atoms with Gasteiger partial charge in [0.05, 0.1) is 18.7 Å². The Balaban J connectivity index is 2.02. The third-order valence-electron chi connectivity index (χ3n) is 4.93. The SMILES string of the molecule is CC(NC(=O)C(N)Cc1cnc[nH]1)C(=O)NC(Cc1cnc[nH]1)C(=O)NC(C(=O)O)C(C)C. The number of H-pyrrole nitrogens is 2. The summed E-state index contributed by atoms with van der Waals surface area (Å²) in [6, 6.07) is -4.14. The van der Waals surface area contributed by atoms with E-state index in [1.165, 1.54) is 25.8 Å². The summed E-state index contributed by atoms with van der Waals surface area (Å²) < 4.78 is 0. The third kappa shape index (κ3) is 7.71. The van der Waals surface area contributed by atoms with Gasteiger partial charge in [-0.05, 0) is 12.8 Å². The summed E-state index contributed by atoms with van der Waals surface area (Å²) in [5.74, 6) is -3.41. The smallest absolute Gasteiger partial charge is 0.326 e. The van der Waals surface area contributed by atoms with Crippen molar-refractivity contribution < 1.29 is 24.3 Å². The van der Waals surface area contributed by atoms with Gasteiger partial charge in [0.15, 0.2) is 0 Å². The number of carboxylic acid groups (broad SMARTS) is 1. The predicted octanol–water partition coefficient (Wildman–Crippen LogP) is -1.54. The molecule has 13 nitrogen and oxygen atoms in total. The minimum Gasteiger partial charge on any atom is -0.480 e. The van der Waals surface area contributed by atoms with Gasteiger partial charge in [0, 0.05) is 36.6 Å². The van der Waals surface area contributed by atoms with E-state index in [2.05, 4.69) is 35.9 Å². The maximum Gasteiger partial charge on any atom is 0.326 e. The summed E-state index contributed by atoms with van der Waals surface area (Å²) in [4.78, 5) is 62.8. The number of carboxylic acids is 1. The van der Waals surface area contributed by atoms with Crippen LogP contribution < -0.4 is 21.7 Å². The summed E-state index contributed by atoms with van der Waals surface area (Å²) >= 11 is 0. The van der Waals surface area contributed by atoms with E-state index in [1.54, 1.807) is 20.0 Å². The van der Waals surface area contributed by atoms with E-state index in [4.69, 9.17) is 5.73 Å². The first-order valence-corrected chi connectivity index (χ1v) is 10.4. The minimum absolute atomic E-state index is 0.0437. The number of aromatic amines is 2. The highest BCUT2D eigenvalue weighted by Crippen LogP contribution is 2.05. The Morgan fingerprint density at radius 3 is 1.97 bits per heavy atom. The number of carbonyl (C=O) groups excluding carboxylic acids is 3. The van der Waals surface area contributed by atoms with Crippen LogP contribution in [0.5, 0.6) is 0 Å². The van der Waals surface area contributed by atoms with Crippen LogP contribution in [0.15, 0.2) is 25.0 Å². The molecular formula is C20H30N8O5. The Morgan fingerprint density at radius 2 is 1.48 bits per heavy atom. The molecule has 0 aliphatic carbocycles. The zero-order chi connectivity index (χ0) is 24.5. The number of hydrogen-bond acceptors (Lipinski definition) is 7. The molecule has 0 bridgehead atoms. The maximum atomic E-state index is 12.8. The van der Waals surface area contributed by atoms with Crippen LogP contribution >= 0.6 is 0 Å². The number of carbonyl (C=O) groups is 4. The molecule has 2 aromatic rings. The number of imidazole rings is 2. The molecule has 3 amide bonds. The molecule has 0 spiro atoms. The van der Waals surface area contributed by atoms with Gasteiger partial charge in [0.1, 0.15) is 18.1 Å². The van der Waals surface area contributed by atoms with E-state index < -0.39 is 47.9 Å². The van der Waals surface area contributed by atoms with E-state index in [0.717, 1.165) is 0 Å². The van der Waals surface area contributed by atoms with Crippen molar-refractivity contribution >= 4 is 23.7 Å². The normalized spacial score (nSPS) is 14.7. The lowest BCUT2D eigenvalue weighted by Crippen LogP contribution is -2.57. The molecule has 2 heterocycles. The minimum atomic E-state index is -1.18. The van der Waals surface area contributed by atoms with E-state index in [9.17, 15) is 24.3 Å². The fourth-order valence-corrected chi connectivity index (χ4v) is 3.00. The van der Waals surface area contributed by atoms with Crippen molar-refractivity contribution in [2.75, 3.05) is 0 Å². The zero-order valence-corrected chi connectivity index (χ0v) is 18.7. The zero-order valence-electron chi connectivity index (χ0n) is 18.7. The number of amides is 3. The molecule has 0 fully saturated rings. The van der Waals surface area contributed by atoms with Gasteiger partial charge in [0.2, 0.25) is 17.7 Å². The van der Waals surface area contributed by atoms with Crippen LogP contribution in [0.1, 0.15) is 32.2 Å². The standard InChI is InChI=1S/C20H30N8O5/c1-10(2)16(20(32)33)28-19(31)15(5-13-7-23-9-25-13)27-17(29)11(3)26-18(30)14(21)4-12-6-22-8-24-12/h6-11,14-16H,4-5,21H2,1-3H3,(H,22,24)(H,23,25)(H,26,30)(H,27,29)(H,28,31)(H,32,33). The van der Waals surface area contributed by atoms with Crippen molar-refractivity contribution in [2.45, 2.75) is 57.8 Å². The van der Waals surface area contributed by atoms with Crippen LogP contribution in [0, 0.1) is 5.92 Å². The van der Waals surface area contributed by atoms with E-state index >= 15 is 0 Å². The first-order chi connectivity index (χ1) is 15.6. The average Bonchev–Trinajstić information content (AvgIpc) is 3.44. The lowest BCUT2D eigenvalue weighted by atomic mass is 10.0. The van der Waals surface area contributed by atoms with Gasteiger partial charge < -0.3 is 36.8 Å². The first kappa shape index (κ1) is 25.5. The van der Waals surface area contributed by atoms with Crippen molar-refractivity contribution in [3.8, 4) is 0 Å². The molecule has 8 N–H and O–H groups in total. The summed E-state index contributed by atoms with van der Waals surface area (Å²) in [6.45, 7) is 4.77. The second-order valence-corrected chi connectivity index (χ2v) is 8.03. The molecule has 0 saturated heterocycles. The monoisotopic (exact) mass is 462 g/mol. The predicted molar refractivity (Wildman–Crippen MR) is 116 cm³/mol. The fraction of sp³-hybridized carbons (Fsp3) is 0.500. The molecule has 2 aromatic heterocycles. The van der Waals surface area contributed by atoms with Crippen LogP contribution in [-0.2, 0) is 32.0 Å². The van der Waals surface area contributed by atoms with Gasteiger partial charge >= 0.3 is 5.97 Å². The molecule has 0 saturated carbocycles. The summed E-state index contributed by atoms with van der Waals surface area (Å²) in [7, 11) is 0. The number of nitrogens with one attached hydrogen (secondary N) is 5. The van der Waals surface area contributed by atoms with Crippen LogP contribution in [0.2, 0.25) is 0 Å². The molecule has 4 atom stereocenters. The van der Waals surface area contributed by atoms with Gasteiger partial charge in [-0.3, -0.25) is 14.4 Å². The Hall–Kier alpha value is -3.74. The van der Waals surface area contributed by atoms with Crippen molar-refractivity contribution in [3.63, 3.8) is 0 Å².